The molecule has 2 aliphatic carbocycles. The van der Waals surface area contributed by atoms with E-state index in [9.17, 15) is 0 Å². The summed E-state index contributed by atoms with van der Waals surface area (Å²) in [6.07, 6.45) is 13.7. The van der Waals surface area contributed by atoms with Crippen molar-refractivity contribution in [1.82, 2.24) is 15.0 Å². The molecule has 5 aromatic carbocycles. The molecule has 280 valence electrons. The minimum atomic E-state index is 0.357. The van der Waals surface area contributed by atoms with Crippen LogP contribution in [0.3, 0.4) is 0 Å². The molecule has 0 saturated carbocycles. The van der Waals surface area contributed by atoms with Gasteiger partial charge in [-0.1, -0.05) is 171 Å². The molecule has 2 aliphatic rings. The monoisotopic (exact) mass is 748 g/mol. The zero-order chi connectivity index (χ0) is 39.4. The highest BCUT2D eigenvalue weighted by molar-refractivity contribution is 6.05. The Labute approximate surface area is 341 Å². The van der Waals surface area contributed by atoms with Gasteiger partial charge in [0.05, 0.1) is 28.3 Å². The minimum absolute atomic E-state index is 0.357. The average Bonchev–Trinajstić information content (AvgIpc) is 3.29. The molecule has 4 nitrogen and oxygen atoms in total. The summed E-state index contributed by atoms with van der Waals surface area (Å²) in [5, 5.41) is 1.09. The molecule has 0 bridgehead atoms. The van der Waals surface area contributed by atoms with Gasteiger partial charge in [-0.3, -0.25) is 4.99 Å². The molecular formula is C54H44N4. The lowest BCUT2D eigenvalue weighted by Crippen LogP contribution is -2.05. The summed E-state index contributed by atoms with van der Waals surface area (Å²) in [5.74, 6) is 1.07. The van der Waals surface area contributed by atoms with Gasteiger partial charge in [-0.25, -0.2) is 15.0 Å². The summed E-state index contributed by atoms with van der Waals surface area (Å²) in [6, 6.07) is 50.6. The van der Waals surface area contributed by atoms with Gasteiger partial charge in [0.25, 0.3) is 0 Å². The maximum absolute atomic E-state index is 5.29. The maximum atomic E-state index is 5.29. The average molecular weight is 749 g/mol. The van der Waals surface area contributed by atoms with Crippen LogP contribution in [0.5, 0.6) is 0 Å². The molecule has 9 rings (SSSR count). The standard InChI is InChI=1S/C54H44N4/c1-4-38-23-28-43-30-32-49(41-17-10-6-11-18-41)56-53(43)52(38)55-37(3)45-29-31-48(36(2)33-45)46-21-14-22-47(34-46)51-35-50(57-54(58-51)44-19-12-7-13-20-44)42-26-24-40(25-27-42)39-15-8-5-9-16-39/h5-24,26-32,34-35,40H,2,4,25,33H2,1,3H3/b55-37+. The molecule has 0 radical (unpaired) electrons. The van der Waals surface area contributed by atoms with E-state index < -0.39 is 0 Å². The molecule has 7 aromatic rings. The number of hydrogen-bond acceptors (Lipinski definition) is 4. The van der Waals surface area contributed by atoms with Crippen molar-refractivity contribution in [1.29, 1.82) is 0 Å². The zero-order valence-corrected chi connectivity index (χ0v) is 32.9. The van der Waals surface area contributed by atoms with Gasteiger partial charge < -0.3 is 0 Å². The van der Waals surface area contributed by atoms with Crippen molar-refractivity contribution in [3.8, 4) is 33.9 Å². The lowest BCUT2D eigenvalue weighted by molar-refractivity contribution is 0.855. The quantitative estimate of drug-likeness (QED) is 0.138. The smallest absolute Gasteiger partial charge is 0.160 e. The number of allylic oxidation sites excluding steroid dienone is 9. The molecule has 1 unspecified atom stereocenters. The molecule has 1 atom stereocenters. The summed E-state index contributed by atoms with van der Waals surface area (Å²) < 4.78 is 0. The van der Waals surface area contributed by atoms with Crippen molar-refractivity contribution >= 4 is 33.4 Å². The third-order valence-corrected chi connectivity index (χ3v) is 11.2. The first-order valence-electron chi connectivity index (χ1n) is 20.1. The Kier molecular flexibility index (Phi) is 10.2. The van der Waals surface area contributed by atoms with Crippen molar-refractivity contribution in [3.63, 3.8) is 0 Å². The molecule has 58 heavy (non-hydrogen) atoms. The SMILES string of the molecule is C=C1CC(/C(C)=N/c2c(CC)ccc3ccc(-c4ccccc4)nc23)=CC=C1c1cccc(-c2cc(C3=CCC(c4ccccc4)C=C3)nc(-c3ccccc3)n2)c1. The predicted octanol–water partition coefficient (Wildman–Crippen LogP) is 13.8. The summed E-state index contributed by atoms with van der Waals surface area (Å²) in [4.78, 5) is 20.7. The fourth-order valence-electron chi connectivity index (χ4n) is 7.93. The Balaban J connectivity index is 1.04. The molecular weight excluding hydrogens is 705 g/mol. The third-order valence-electron chi connectivity index (χ3n) is 11.2. The zero-order valence-electron chi connectivity index (χ0n) is 32.9. The highest BCUT2D eigenvalue weighted by atomic mass is 14.9. The van der Waals surface area contributed by atoms with Crippen molar-refractivity contribution in [3.05, 3.63) is 216 Å². The van der Waals surface area contributed by atoms with Crippen LogP contribution < -0.4 is 0 Å². The fraction of sp³-hybridized carbons (Fsp3) is 0.111. The van der Waals surface area contributed by atoms with Gasteiger partial charge in [0.15, 0.2) is 5.82 Å². The van der Waals surface area contributed by atoms with Crippen LogP contribution in [-0.2, 0) is 6.42 Å². The first-order chi connectivity index (χ1) is 28.5. The maximum Gasteiger partial charge on any atom is 0.160 e. The van der Waals surface area contributed by atoms with Crippen LogP contribution in [0, 0.1) is 0 Å². The van der Waals surface area contributed by atoms with Crippen molar-refractivity contribution in [2.75, 3.05) is 0 Å². The normalized spacial score (nSPS) is 15.6. The second-order valence-electron chi connectivity index (χ2n) is 15.0. The van der Waals surface area contributed by atoms with Gasteiger partial charge in [0, 0.05) is 33.7 Å². The molecule has 2 heterocycles. The largest absolute Gasteiger partial charge is 0.251 e. The second kappa shape index (κ2) is 16.2. The molecule has 0 aliphatic heterocycles. The Bertz CT molecular complexity index is 2820. The van der Waals surface area contributed by atoms with Gasteiger partial charge in [-0.05, 0) is 83.4 Å². The van der Waals surface area contributed by atoms with E-state index in [1.807, 2.05) is 24.3 Å². The minimum Gasteiger partial charge on any atom is -0.251 e. The number of rotatable bonds is 9. The van der Waals surface area contributed by atoms with E-state index in [2.05, 4.69) is 172 Å². The first-order valence-corrected chi connectivity index (χ1v) is 20.1. The van der Waals surface area contributed by atoms with Crippen molar-refractivity contribution in [2.45, 2.75) is 39.0 Å². The van der Waals surface area contributed by atoms with E-state index in [0.717, 1.165) is 96.8 Å². The van der Waals surface area contributed by atoms with Crippen LogP contribution in [0.1, 0.15) is 55.0 Å². The van der Waals surface area contributed by atoms with E-state index in [1.54, 1.807) is 0 Å². The Morgan fingerprint density at radius 3 is 2.09 bits per heavy atom. The summed E-state index contributed by atoms with van der Waals surface area (Å²) >= 11 is 0. The van der Waals surface area contributed by atoms with Crippen LogP contribution in [0.15, 0.2) is 199 Å². The van der Waals surface area contributed by atoms with Gasteiger partial charge in [0.2, 0.25) is 0 Å². The molecule has 2 aromatic heterocycles. The summed E-state index contributed by atoms with van der Waals surface area (Å²) in [5.41, 5.74) is 16.8. The molecule has 0 amide bonds. The lowest BCUT2D eigenvalue weighted by Gasteiger charge is -2.19. The number of aromatic nitrogens is 3. The van der Waals surface area contributed by atoms with Crippen molar-refractivity contribution in [2.24, 2.45) is 4.99 Å². The number of aryl methyl sites for hydroxylation is 1. The molecule has 0 saturated heterocycles. The number of benzene rings is 5. The number of nitrogens with zero attached hydrogens (tertiary/aromatic N) is 4. The number of aliphatic imine (C=N–C) groups is 1. The Morgan fingerprint density at radius 1 is 0.672 bits per heavy atom. The molecule has 0 fully saturated rings. The first kappa shape index (κ1) is 36.6. The van der Waals surface area contributed by atoms with Gasteiger partial charge in [0.1, 0.15) is 0 Å². The second-order valence-corrected chi connectivity index (χ2v) is 15.0. The van der Waals surface area contributed by atoms with Gasteiger partial charge in [-0.15, -0.1) is 0 Å². The van der Waals surface area contributed by atoms with E-state index in [0.29, 0.717) is 18.2 Å². The van der Waals surface area contributed by atoms with Gasteiger partial charge >= 0.3 is 0 Å². The Hall–Kier alpha value is -7.04. The van der Waals surface area contributed by atoms with Crippen LogP contribution in [0.2, 0.25) is 0 Å². The summed E-state index contributed by atoms with van der Waals surface area (Å²) in [6.45, 7) is 8.87. The number of pyridine rings is 1. The predicted molar refractivity (Wildman–Crippen MR) is 243 cm³/mol. The summed E-state index contributed by atoms with van der Waals surface area (Å²) in [7, 11) is 0. The van der Waals surface area contributed by atoms with Crippen molar-refractivity contribution < 1.29 is 0 Å². The third kappa shape index (κ3) is 7.57. The van der Waals surface area contributed by atoms with Gasteiger partial charge in [-0.2, -0.15) is 0 Å². The van der Waals surface area contributed by atoms with E-state index >= 15 is 0 Å². The topological polar surface area (TPSA) is 51.0 Å². The highest BCUT2D eigenvalue weighted by Gasteiger charge is 2.19. The highest BCUT2D eigenvalue weighted by Crippen LogP contribution is 2.37. The lowest BCUT2D eigenvalue weighted by atomic mass is 9.87. The van der Waals surface area contributed by atoms with Crippen LogP contribution in [0.25, 0.3) is 56.0 Å². The van der Waals surface area contributed by atoms with E-state index in [4.69, 9.17) is 19.9 Å². The molecule has 4 heteroatoms. The number of fused-ring (bicyclic) bond motifs is 1. The van der Waals surface area contributed by atoms with Crippen LogP contribution in [-0.4, -0.2) is 20.7 Å². The van der Waals surface area contributed by atoms with E-state index in [-0.39, 0.29) is 0 Å². The van der Waals surface area contributed by atoms with Crippen LogP contribution >= 0.6 is 0 Å². The number of hydrogen-bond donors (Lipinski definition) is 0. The molecule has 0 N–H and O–H groups in total. The Morgan fingerprint density at radius 2 is 1.36 bits per heavy atom. The fourth-order valence-corrected chi connectivity index (χ4v) is 7.93. The van der Waals surface area contributed by atoms with E-state index in [1.165, 1.54) is 11.1 Å². The van der Waals surface area contributed by atoms with Crippen LogP contribution in [0.4, 0.5) is 5.69 Å². The molecule has 0 spiro atoms.